The van der Waals surface area contributed by atoms with Crippen LogP contribution in [0.4, 0.5) is 0 Å². The highest BCUT2D eigenvalue weighted by Gasteiger charge is 2.22. The minimum atomic E-state index is -0.0115. The number of para-hydroxylation sites is 1. The molecule has 0 N–H and O–H groups in total. The summed E-state index contributed by atoms with van der Waals surface area (Å²) in [6.45, 7) is 5.11. The molecule has 0 spiro atoms. The number of methoxy groups -OCH3 is 1. The normalized spacial score (nSPS) is 11.9. The van der Waals surface area contributed by atoms with Gasteiger partial charge in [-0.1, -0.05) is 18.2 Å². The predicted octanol–water partition coefficient (Wildman–Crippen LogP) is 3.14. The van der Waals surface area contributed by atoms with Crippen molar-refractivity contribution in [1.82, 2.24) is 4.90 Å². The van der Waals surface area contributed by atoms with Crippen LogP contribution in [-0.2, 0) is 6.54 Å². The molecule has 1 aromatic carbocycles. The van der Waals surface area contributed by atoms with Gasteiger partial charge in [-0.05, 0) is 27.0 Å². The summed E-state index contributed by atoms with van der Waals surface area (Å²) in [5, 5.41) is 0. The van der Waals surface area contributed by atoms with E-state index in [2.05, 4.69) is 31.9 Å². The quantitative estimate of drug-likeness (QED) is 0.735. The Kier molecular flexibility index (Phi) is 4.63. The number of hydrogen-bond acceptors (Lipinski definition) is 2. The maximum atomic E-state index is 5.96. The molecule has 0 saturated carbocycles. The standard InChI is InChI=1S/C13H20ClNO/c1-13(2,10-14)15(3)9-11-7-5-6-8-12(11)16-4/h5-8H,9-10H2,1-4H3. The van der Waals surface area contributed by atoms with E-state index in [1.54, 1.807) is 7.11 Å². The van der Waals surface area contributed by atoms with E-state index in [0.29, 0.717) is 5.88 Å². The molecular formula is C13H20ClNO. The smallest absolute Gasteiger partial charge is 0.123 e. The Balaban J connectivity index is 2.80. The second kappa shape index (κ2) is 5.55. The fourth-order valence-electron chi connectivity index (χ4n) is 1.41. The average Bonchev–Trinajstić information content (AvgIpc) is 2.29. The summed E-state index contributed by atoms with van der Waals surface area (Å²) in [6, 6.07) is 8.07. The number of hydrogen-bond donors (Lipinski definition) is 0. The van der Waals surface area contributed by atoms with Gasteiger partial charge in [-0.2, -0.15) is 0 Å². The van der Waals surface area contributed by atoms with E-state index in [0.717, 1.165) is 12.3 Å². The first-order valence-electron chi connectivity index (χ1n) is 5.40. The van der Waals surface area contributed by atoms with Gasteiger partial charge >= 0.3 is 0 Å². The lowest BCUT2D eigenvalue weighted by atomic mass is 10.1. The zero-order chi connectivity index (χ0) is 12.2. The van der Waals surface area contributed by atoms with E-state index in [9.17, 15) is 0 Å². The second-order valence-electron chi connectivity index (χ2n) is 4.61. The summed E-state index contributed by atoms with van der Waals surface area (Å²) in [5.41, 5.74) is 1.17. The Hall–Kier alpha value is -0.730. The summed E-state index contributed by atoms with van der Waals surface area (Å²) in [7, 11) is 3.78. The van der Waals surface area contributed by atoms with Crippen molar-refractivity contribution >= 4 is 11.6 Å². The number of halogens is 1. The van der Waals surface area contributed by atoms with Crippen LogP contribution in [0.25, 0.3) is 0 Å². The summed E-state index contributed by atoms with van der Waals surface area (Å²) in [4.78, 5) is 2.23. The molecule has 3 heteroatoms. The molecule has 0 fully saturated rings. The summed E-state index contributed by atoms with van der Waals surface area (Å²) >= 11 is 5.96. The van der Waals surface area contributed by atoms with Gasteiger partial charge in [0.1, 0.15) is 5.75 Å². The highest BCUT2D eigenvalue weighted by Crippen LogP contribution is 2.23. The largest absolute Gasteiger partial charge is 0.496 e. The van der Waals surface area contributed by atoms with Crippen molar-refractivity contribution < 1.29 is 4.74 Å². The first kappa shape index (κ1) is 13.3. The minimum absolute atomic E-state index is 0.0115. The van der Waals surface area contributed by atoms with Gasteiger partial charge in [0.2, 0.25) is 0 Å². The molecule has 2 nitrogen and oxygen atoms in total. The molecule has 1 aromatic rings. The van der Waals surface area contributed by atoms with Gasteiger partial charge in [0, 0.05) is 23.5 Å². The van der Waals surface area contributed by atoms with E-state index < -0.39 is 0 Å². The molecule has 0 aliphatic rings. The Labute approximate surface area is 103 Å². The third-order valence-electron chi connectivity index (χ3n) is 2.96. The SMILES string of the molecule is COc1ccccc1CN(C)C(C)(C)CCl. The van der Waals surface area contributed by atoms with Crippen LogP contribution in [0.15, 0.2) is 24.3 Å². The van der Waals surface area contributed by atoms with Crippen molar-refractivity contribution in [3.63, 3.8) is 0 Å². The maximum Gasteiger partial charge on any atom is 0.123 e. The van der Waals surface area contributed by atoms with Crippen LogP contribution in [0.1, 0.15) is 19.4 Å². The number of ether oxygens (including phenoxy) is 1. The first-order chi connectivity index (χ1) is 7.51. The fourth-order valence-corrected chi connectivity index (χ4v) is 1.61. The third kappa shape index (κ3) is 3.13. The van der Waals surface area contributed by atoms with E-state index in [1.165, 1.54) is 5.56 Å². The Morgan fingerprint density at radius 1 is 1.31 bits per heavy atom. The summed E-state index contributed by atoms with van der Waals surface area (Å²) in [5.74, 6) is 1.54. The predicted molar refractivity (Wildman–Crippen MR) is 69.3 cm³/mol. The molecule has 1 rings (SSSR count). The molecule has 0 atom stereocenters. The summed E-state index contributed by atoms with van der Waals surface area (Å²) in [6.07, 6.45) is 0. The van der Waals surface area contributed by atoms with Gasteiger partial charge in [0.15, 0.2) is 0 Å². The molecule has 0 aromatic heterocycles. The van der Waals surface area contributed by atoms with Crippen molar-refractivity contribution in [2.45, 2.75) is 25.9 Å². The fraction of sp³-hybridized carbons (Fsp3) is 0.538. The van der Waals surface area contributed by atoms with Crippen LogP contribution in [0.2, 0.25) is 0 Å². The van der Waals surface area contributed by atoms with E-state index in [1.807, 2.05) is 18.2 Å². The monoisotopic (exact) mass is 241 g/mol. The zero-order valence-corrected chi connectivity index (χ0v) is 11.2. The van der Waals surface area contributed by atoms with Crippen molar-refractivity contribution in [2.75, 3.05) is 20.0 Å². The van der Waals surface area contributed by atoms with Gasteiger partial charge < -0.3 is 4.74 Å². The first-order valence-corrected chi connectivity index (χ1v) is 5.94. The van der Waals surface area contributed by atoms with Crippen LogP contribution in [0.5, 0.6) is 5.75 Å². The Morgan fingerprint density at radius 3 is 2.50 bits per heavy atom. The Morgan fingerprint density at radius 2 is 1.94 bits per heavy atom. The van der Waals surface area contributed by atoms with Crippen molar-refractivity contribution in [3.8, 4) is 5.75 Å². The highest BCUT2D eigenvalue weighted by molar-refractivity contribution is 6.18. The van der Waals surface area contributed by atoms with E-state index in [4.69, 9.17) is 16.3 Å². The number of alkyl halides is 1. The lowest BCUT2D eigenvalue weighted by molar-refractivity contribution is 0.169. The Bertz CT molecular complexity index is 338. The summed E-state index contributed by atoms with van der Waals surface area (Å²) < 4.78 is 5.33. The molecule has 0 aliphatic carbocycles. The van der Waals surface area contributed by atoms with Gasteiger partial charge in [0.05, 0.1) is 7.11 Å². The molecule has 0 saturated heterocycles. The molecule has 16 heavy (non-hydrogen) atoms. The molecule has 0 unspecified atom stereocenters. The van der Waals surface area contributed by atoms with E-state index >= 15 is 0 Å². The molecule has 0 radical (unpaired) electrons. The lowest BCUT2D eigenvalue weighted by Gasteiger charge is -2.34. The van der Waals surface area contributed by atoms with Crippen LogP contribution in [-0.4, -0.2) is 30.5 Å². The van der Waals surface area contributed by atoms with Crippen molar-refractivity contribution in [1.29, 1.82) is 0 Å². The van der Waals surface area contributed by atoms with Crippen LogP contribution >= 0.6 is 11.6 Å². The number of rotatable bonds is 5. The topological polar surface area (TPSA) is 12.5 Å². The van der Waals surface area contributed by atoms with Gasteiger partial charge in [-0.3, -0.25) is 4.90 Å². The number of benzene rings is 1. The molecule has 0 amide bonds. The third-order valence-corrected chi connectivity index (χ3v) is 3.61. The second-order valence-corrected chi connectivity index (χ2v) is 4.88. The maximum absolute atomic E-state index is 5.96. The van der Waals surface area contributed by atoms with E-state index in [-0.39, 0.29) is 5.54 Å². The molecular weight excluding hydrogens is 222 g/mol. The number of nitrogens with zero attached hydrogens (tertiary/aromatic N) is 1. The average molecular weight is 242 g/mol. The van der Waals surface area contributed by atoms with Crippen LogP contribution in [0, 0.1) is 0 Å². The molecule has 0 aliphatic heterocycles. The van der Waals surface area contributed by atoms with Crippen molar-refractivity contribution in [2.24, 2.45) is 0 Å². The van der Waals surface area contributed by atoms with Gasteiger partial charge in [0.25, 0.3) is 0 Å². The van der Waals surface area contributed by atoms with Gasteiger partial charge in [-0.15, -0.1) is 11.6 Å². The van der Waals surface area contributed by atoms with Crippen LogP contribution in [0.3, 0.4) is 0 Å². The molecule has 90 valence electrons. The van der Waals surface area contributed by atoms with Crippen molar-refractivity contribution in [3.05, 3.63) is 29.8 Å². The lowest BCUT2D eigenvalue weighted by Crippen LogP contribution is -2.42. The zero-order valence-electron chi connectivity index (χ0n) is 10.5. The molecule has 0 bridgehead atoms. The molecule has 0 heterocycles. The van der Waals surface area contributed by atoms with Gasteiger partial charge in [-0.25, -0.2) is 0 Å². The van der Waals surface area contributed by atoms with Crippen LogP contribution < -0.4 is 4.74 Å². The minimum Gasteiger partial charge on any atom is -0.496 e. The highest BCUT2D eigenvalue weighted by atomic mass is 35.5.